The van der Waals surface area contributed by atoms with Crippen molar-refractivity contribution in [3.63, 3.8) is 0 Å². The molecule has 11 heterocycles. The predicted octanol–water partition coefficient (Wildman–Crippen LogP) is 19.7. The minimum absolute atomic E-state index is 0.00827. The molecule has 10 N–H and O–H groups in total. The van der Waals surface area contributed by atoms with Crippen LogP contribution in [0.1, 0.15) is 219 Å². The van der Waals surface area contributed by atoms with Crippen LogP contribution in [-0.2, 0) is 23.3 Å². The van der Waals surface area contributed by atoms with Crippen LogP contribution in [0.25, 0.3) is 62.6 Å². The van der Waals surface area contributed by atoms with E-state index in [1.165, 1.54) is 50.8 Å². The number of piperidine rings is 1. The van der Waals surface area contributed by atoms with Crippen molar-refractivity contribution < 1.29 is 70.7 Å². The summed E-state index contributed by atoms with van der Waals surface area (Å²) in [6.07, 6.45) is -1.57. The van der Waals surface area contributed by atoms with Gasteiger partial charge in [0.2, 0.25) is 101 Å². The number of anilines is 10. The summed E-state index contributed by atoms with van der Waals surface area (Å²) in [6.45, 7) is 22.0. The van der Waals surface area contributed by atoms with Crippen LogP contribution in [-0.4, -0.2) is 218 Å². The summed E-state index contributed by atoms with van der Waals surface area (Å²) in [5.41, 5.74) is -0.978. The van der Waals surface area contributed by atoms with Crippen molar-refractivity contribution in [1.29, 1.82) is 10.5 Å². The minimum Gasteiger partial charge on any atom is -0.351 e. The Morgan fingerprint density at radius 3 is 1.10 bits per heavy atom. The first-order valence-electron chi connectivity index (χ1n) is 48.7. The maximum absolute atomic E-state index is 13.5. The van der Waals surface area contributed by atoms with Crippen LogP contribution >= 0.6 is 11.6 Å². The molecule has 7 aliphatic carbocycles. The first-order valence-corrected chi connectivity index (χ1v) is 49.1. The summed E-state index contributed by atoms with van der Waals surface area (Å²) in [5, 5.41) is 49.8. The summed E-state index contributed by atoms with van der Waals surface area (Å²) in [4.78, 5) is 108. The normalized spacial score (nSPS) is 18.5. The Morgan fingerprint density at radius 1 is 0.392 bits per heavy atom. The number of hydrogen-bond donors (Lipinski definition) is 10. The lowest BCUT2D eigenvalue weighted by Crippen LogP contribution is -2.41. The number of nitrogens with zero attached hydrogens (tertiary/aromatic N) is 26. The van der Waals surface area contributed by atoms with Gasteiger partial charge in [-0.25, -0.2) is 67.8 Å². The molecular weight excluding hydrogens is 1980 g/mol. The van der Waals surface area contributed by atoms with E-state index in [0.29, 0.717) is 144 Å². The Hall–Kier alpha value is -14.2. The molecule has 0 radical (unpaired) electrons. The fourth-order valence-electron chi connectivity index (χ4n) is 16.3. The smallest absolute Gasteiger partial charge is 0.351 e. The fourth-order valence-corrected chi connectivity index (χ4v) is 16.5. The number of nitriles is 2. The number of hydrogen-bond acceptors (Lipinski definition) is 35. The van der Waals surface area contributed by atoms with E-state index in [2.05, 4.69) is 194 Å². The highest BCUT2D eigenvalue weighted by Crippen LogP contribution is 2.43. The van der Waals surface area contributed by atoms with E-state index in [9.17, 15) is 70.7 Å². The molecule has 1 amide bonds. The summed E-state index contributed by atoms with van der Waals surface area (Å²) >= 11 is 5.94. The lowest BCUT2D eigenvalue weighted by molar-refractivity contribution is -0.145. The van der Waals surface area contributed by atoms with E-state index in [-0.39, 0.29) is 190 Å². The highest BCUT2D eigenvalue weighted by molar-refractivity contribution is 6.29. The highest BCUT2D eigenvalue weighted by Gasteiger charge is 2.43. The molecule has 2 unspecified atom stereocenters. The van der Waals surface area contributed by atoms with Crippen LogP contribution in [0, 0.1) is 52.9 Å². The van der Waals surface area contributed by atoms with Crippen LogP contribution in [0.5, 0.6) is 0 Å². The van der Waals surface area contributed by atoms with E-state index in [0.717, 1.165) is 50.2 Å². The third-order valence-electron chi connectivity index (χ3n) is 25.4. The zero-order valence-corrected chi connectivity index (χ0v) is 82.3. The van der Waals surface area contributed by atoms with Gasteiger partial charge < -0.3 is 62.9 Å². The number of carbonyl (C=O) groups is 1. The molecule has 788 valence electrons. The van der Waals surface area contributed by atoms with Gasteiger partial charge in [0, 0.05) is 125 Å². The molecule has 0 bridgehead atoms. The Morgan fingerprint density at radius 2 is 0.730 bits per heavy atom. The molecule has 0 spiro atoms. The van der Waals surface area contributed by atoms with Crippen LogP contribution in [0.15, 0.2) is 79.1 Å². The molecular formula is C95H110ClF15N36O. The van der Waals surface area contributed by atoms with E-state index >= 15 is 0 Å². The maximum atomic E-state index is 13.5. The lowest BCUT2D eigenvalue weighted by Gasteiger charge is -2.32. The number of amides is 1. The fraction of sp³-hybridized carbons (Fsp3) is 0.558. The van der Waals surface area contributed by atoms with Crippen LogP contribution in [0.2, 0.25) is 5.15 Å². The number of pyridine rings is 3. The molecule has 1 saturated heterocycles. The predicted molar refractivity (Wildman–Crippen MR) is 518 cm³/mol. The molecule has 8 fully saturated rings. The van der Waals surface area contributed by atoms with Crippen molar-refractivity contribution in [3.05, 3.63) is 119 Å². The molecule has 18 rings (SSSR count). The minimum atomic E-state index is -4.79. The standard InChI is InChI=1S/C22H26F5N7O.C20H22F7N7.C19H23N7.C18H22F3N7.C16H17ClN8/c1-13(35)34-11-7-15(8-12-34)29-20-32-18(16-3-2-4-17(30-16)22(25,26)27)31-19(33-20)28-14-5-9-21(23,24)10-6-14;21-18(22)6-1-11(2-7-18)29-16-32-14(13-5-10-28-15(31-13)20(25,26)27)33-17(34-16)30-12-3-8-19(23,24)9-4-12;1-11(13-6-7-13)21-18-24-17(16-5-3-4-15(10-20)23-16)25-19(26-18)22-12(2)14-8-9-14;1-9(11-3-4-11)23-16-26-15(14-22-8-7-13(25-14)18(19,20)21)27-17(28-16)24-10(2)12-5-6-12;1-10(7-8-18)20-15-23-14(12-5-4-6-13(17)22-12)24-16(25-15)21-11(2)9-19-3/h2-4,14-15H,5-12H2,1H3,(H2,28,29,31,32,33);5,10-12H,1-4,6-9H2,(H2,29,30,32,33,34);3-5,11-14H,6-9H2,1-2H3,(H2,21,22,24,25,26);7-12H,3-6H2,1-2H3,(H2,23,24,26,27,28);4-6,10-11H,7,9H2,1-2H3,(H2,20,21,23,24,25)/t;;11-,12-;9-,10-;/m..11./s1. The van der Waals surface area contributed by atoms with Gasteiger partial charge in [-0.1, -0.05) is 29.8 Å². The average Bonchev–Trinajstić information content (AvgIpc) is 1.73. The van der Waals surface area contributed by atoms with Gasteiger partial charge in [-0.15, -0.1) is 0 Å². The first kappa shape index (κ1) is 110. The largest absolute Gasteiger partial charge is 0.451 e. The number of halogens is 16. The Labute approximate surface area is 846 Å². The van der Waals surface area contributed by atoms with E-state index in [4.69, 9.17) is 28.7 Å². The number of rotatable bonds is 31. The summed E-state index contributed by atoms with van der Waals surface area (Å²) < 4.78 is 199. The van der Waals surface area contributed by atoms with Crippen molar-refractivity contribution in [2.45, 2.75) is 293 Å². The molecule has 8 aliphatic rings. The van der Waals surface area contributed by atoms with Crippen LogP contribution < -0.4 is 53.2 Å². The number of nitrogens with one attached hydrogen (secondary N) is 10. The molecule has 10 aromatic heterocycles. The van der Waals surface area contributed by atoms with E-state index in [1.54, 1.807) is 35.2 Å². The van der Waals surface area contributed by atoms with Gasteiger partial charge in [-0.05, 0) is 216 Å². The van der Waals surface area contributed by atoms with Gasteiger partial charge in [0.15, 0.2) is 29.1 Å². The zero-order chi connectivity index (χ0) is 106. The van der Waals surface area contributed by atoms with Crippen molar-refractivity contribution in [1.82, 2.24) is 115 Å². The molecule has 10 aromatic rings. The number of carbonyl (C=O) groups excluding carboxylic acids is 1. The topological polar surface area (TPSA) is 476 Å². The number of alkyl halides is 15. The van der Waals surface area contributed by atoms with Gasteiger partial charge in [0.05, 0.1) is 18.5 Å². The van der Waals surface area contributed by atoms with Gasteiger partial charge in [-0.3, -0.25) is 4.79 Å². The van der Waals surface area contributed by atoms with Gasteiger partial charge in [0.25, 0.3) is 0 Å². The first-order chi connectivity index (χ1) is 70.3. The highest BCUT2D eigenvalue weighted by atomic mass is 35.5. The second kappa shape index (κ2) is 48.2. The maximum Gasteiger partial charge on any atom is 0.451 e. The zero-order valence-electron chi connectivity index (χ0n) is 81.6. The second-order valence-corrected chi connectivity index (χ2v) is 38.3. The molecule has 7 saturated carbocycles. The third-order valence-corrected chi connectivity index (χ3v) is 25.7. The second-order valence-electron chi connectivity index (χ2n) is 38.0. The molecule has 148 heavy (non-hydrogen) atoms. The monoisotopic (exact) mass is 2090 g/mol. The number of aromatic nitrogens is 22. The Balaban J connectivity index is 0.000000147. The van der Waals surface area contributed by atoms with Crippen LogP contribution in [0.4, 0.5) is 125 Å². The SMILES string of the molecule is CC(=O)N1CCC(Nc2nc(NC3CCC(F)(F)CC3)nc(-c3cccc(C(F)(F)F)n3)n2)CC1.C[C@@H](Nc1nc(N[C@H](C)C2CC2)nc(-c2cccc(C#N)n2)n1)C1CC1.C[C@@H](Nc1nc(N[C@H](C)C2CC2)nc(-c2nccc(C(F)(F)F)n2)n1)C1CC1.FC1(F)CCC(Nc2nc(NC3CCC(F)(F)CC3)nc(-c3ccnc(C(F)(F)F)n3)n2)CC1.[C-]#[N+]CC(C)Nc1nc(NC(C)CC#N)nc(-c2cccc(Cl)n2)n1. The summed E-state index contributed by atoms with van der Waals surface area (Å²) in [6, 6.07) is 19.7. The van der Waals surface area contributed by atoms with Crippen molar-refractivity contribution in [3.8, 4) is 69.9 Å². The lowest BCUT2D eigenvalue weighted by atomic mass is 9.92. The average molecular weight is 2090 g/mol. The molecule has 6 atom stereocenters. The van der Waals surface area contributed by atoms with Crippen LogP contribution in [0.3, 0.4) is 0 Å². The van der Waals surface area contributed by atoms with Gasteiger partial charge in [0.1, 0.15) is 51.1 Å². The third kappa shape index (κ3) is 33.4. The number of likely N-dealkylation sites (tertiary alicyclic amines) is 1. The van der Waals surface area contributed by atoms with Gasteiger partial charge in [-0.2, -0.15) is 125 Å². The molecule has 37 nitrogen and oxygen atoms in total. The van der Waals surface area contributed by atoms with Crippen molar-refractivity contribution in [2.24, 2.45) is 23.7 Å². The van der Waals surface area contributed by atoms with Crippen molar-refractivity contribution in [2.75, 3.05) is 72.8 Å². The molecule has 0 aromatic carbocycles. The Kier molecular flexibility index (Phi) is 35.7. The Bertz CT molecular complexity index is 6120. The van der Waals surface area contributed by atoms with Crippen molar-refractivity contribution >= 4 is 77.0 Å². The summed E-state index contributed by atoms with van der Waals surface area (Å²) in [5.74, 6) is -4.12. The van der Waals surface area contributed by atoms with E-state index in [1.807, 2.05) is 33.8 Å². The molecule has 1 aliphatic heterocycles. The molecule has 53 heteroatoms. The summed E-state index contributed by atoms with van der Waals surface area (Å²) in [7, 11) is 0. The van der Waals surface area contributed by atoms with E-state index < -0.39 is 53.5 Å². The van der Waals surface area contributed by atoms with Gasteiger partial charge >= 0.3 is 18.5 Å². The quantitative estimate of drug-likeness (QED) is 0.0110.